The molecular formula is C19H28FIN4O2S. The van der Waals surface area contributed by atoms with Gasteiger partial charge in [-0.1, -0.05) is 18.2 Å². The number of guanidine groups is 1. The van der Waals surface area contributed by atoms with E-state index in [4.69, 9.17) is 4.74 Å². The Morgan fingerprint density at radius 2 is 2.14 bits per heavy atom. The minimum atomic E-state index is -0.998. The molecule has 2 unspecified atom stereocenters. The predicted molar refractivity (Wildman–Crippen MR) is 122 cm³/mol. The van der Waals surface area contributed by atoms with Gasteiger partial charge in [0.25, 0.3) is 0 Å². The van der Waals surface area contributed by atoms with Crippen molar-refractivity contribution >= 4 is 41.3 Å². The molecule has 156 valence electrons. The zero-order valence-corrected chi connectivity index (χ0v) is 19.7. The molecule has 9 heteroatoms. The average molecular weight is 522 g/mol. The molecule has 0 radical (unpaired) electrons. The Kier molecular flexibility index (Phi) is 10.9. The van der Waals surface area contributed by atoms with E-state index < -0.39 is 11.9 Å². The van der Waals surface area contributed by atoms with Gasteiger partial charge in [-0.25, -0.2) is 9.37 Å². The van der Waals surface area contributed by atoms with Gasteiger partial charge in [-0.05, 0) is 19.9 Å². The van der Waals surface area contributed by atoms with E-state index in [9.17, 15) is 9.50 Å². The zero-order valence-electron chi connectivity index (χ0n) is 16.6. The zero-order chi connectivity index (χ0) is 19.8. The number of rotatable bonds is 8. The third-order valence-electron chi connectivity index (χ3n) is 4.04. The van der Waals surface area contributed by atoms with Crippen LogP contribution in [-0.4, -0.2) is 48.2 Å². The van der Waals surface area contributed by atoms with Gasteiger partial charge in [0.1, 0.15) is 23.0 Å². The molecule has 0 spiro atoms. The molecule has 2 N–H and O–H groups in total. The summed E-state index contributed by atoms with van der Waals surface area (Å²) in [7, 11) is 3.56. The van der Waals surface area contributed by atoms with Gasteiger partial charge in [0, 0.05) is 31.6 Å². The van der Waals surface area contributed by atoms with Crippen molar-refractivity contribution in [2.45, 2.75) is 32.6 Å². The van der Waals surface area contributed by atoms with Crippen LogP contribution in [0.5, 0.6) is 0 Å². The Balaban J connectivity index is 0.00000392. The molecular weight excluding hydrogens is 494 g/mol. The monoisotopic (exact) mass is 522 g/mol. The largest absolute Gasteiger partial charge is 0.386 e. The van der Waals surface area contributed by atoms with Gasteiger partial charge < -0.3 is 20.1 Å². The first kappa shape index (κ1) is 24.7. The van der Waals surface area contributed by atoms with Crippen LogP contribution in [0.4, 0.5) is 4.39 Å². The van der Waals surface area contributed by atoms with Crippen molar-refractivity contribution in [3.63, 3.8) is 0 Å². The Bertz CT molecular complexity index is 759. The minimum absolute atomic E-state index is 0. The molecule has 1 aromatic heterocycles. The SMILES string of the molecule is CCNC(=NCC(O)c1ccccc1F)N(C)Cc1csc(C(C)OC)n1.I. The van der Waals surface area contributed by atoms with Crippen LogP contribution >= 0.6 is 35.3 Å². The molecule has 1 aromatic carbocycles. The number of hydrogen-bond donors (Lipinski definition) is 2. The third kappa shape index (κ3) is 6.94. The van der Waals surface area contributed by atoms with E-state index in [2.05, 4.69) is 15.3 Å². The lowest BCUT2D eigenvalue weighted by atomic mass is 10.1. The smallest absolute Gasteiger partial charge is 0.194 e. The van der Waals surface area contributed by atoms with Gasteiger partial charge in [0.2, 0.25) is 0 Å². The number of nitrogens with zero attached hydrogens (tertiary/aromatic N) is 3. The predicted octanol–water partition coefficient (Wildman–Crippen LogP) is 3.74. The van der Waals surface area contributed by atoms with Crippen molar-refractivity contribution < 1.29 is 14.2 Å². The van der Waals surface area contributed by atoms with Crippen molar-refractivity contribution in [2.24, 2.45) is 4.99 Å². The van der Waals surface area contributed by atoms with Crippen molar-refractivity contribution in [1.29, 1.82) is 0 Å². The van der Waals surface area contributed by atoms with Crippen LogP contribution in [0.2, 0.25) is 0 Å². The summed E-state index contributed by atoms with van der Waals surface area (Å²) in [4.78, 5) is 11.0. The Morgan fingerprint density at radius 1 is 1.43 bits per heavy atom. The minimum Gasteiger partial charge on any atom is -0.386 e. The number of aliphatic hydroxyl groups is 1. The van der Waals surface area contributed by atoms with Crippen LogP contribution < -0.4 is 5.32 Å². The van der Waals surface area contributed by atoms with Gasteiger partial charge in [-0.2, -0.15) is 0 Å². The second-order valence-electron chi connectivity index (χ2n) is 6.14. The summed E-state index contributed by atoms with van der Waals surface area (Å²) in [5, 5.41) is 16.4. The fraction of sp³-hybridized carbons (Fsp3) is 0.474. The summed E-state index contributed by atoms with van der Waals surface area (Å²) in [5.41, 5.74) is 1.17. The highest BCUT2D eigenvalue weighted by Gasteiger charge is 2.15. The first-order valence-electron chi connectivity index (χ1n) is 8.85. The van der Waals surface area contributed by atoms with Crippen LogP contribution in [0.3, 0.4) is 0 Å². The molecule has 28 heavy (non-hydrogen) atoms. The summed E-state index contributed by atoms with van der Waals surface area (Å²) in [6.07, 6.45) is -1.03. The molecule has 0 amide bonds. The Hall–Kier alpha value is -1.30. The Morgan fingerprint density at radius 3 is 2.79 bits per heavy atom. The van der Waals surface area contributed by atoms with E-state index in [0.717, 1.165) is 10.7 Å². The van der Waals surface area contributed by atoms with Crippen LogP contribution in [0.1, 0.15) is 42.3 Å². The average Bonchev–Trinajstić information content (AvgIpc) is 3.13. The normalized spacial score (nSPS) is 13.6. The lowest BCUT2D eigenvalue weighted by Gasteiger charge is -2.22. The number of nitrogens with one attached hydrogen (secondary N) is 1. The molecule has 0 aliphatic rings. The van der Waals surface area contributed by atoms with Crippen molar-refractivity contribution in [2.75, 3.05) is 27.2 Å². The van der Waals surface area contributed by atoms with Gasteiger partial charge in [-0.15, -0.1) is 35.3 Å². The topological polar surface area (TPSA) is 70.0 Å². The molecule has 2 rings (SSSR count). The standard InChI is InChI=1S/C19H27FN4O2S.HI/c1-5-21-19(22-10-17(25)15-8-6-7-9-16(15)20)24(3)11-14-12-27-18(23-14)13(2)26-4;/h6-9,12-13,17,25H,5,10-11H2,1-4H3,(H,21,22);1H. The maximum atomic E-state index is 13.8. The van der Waals surface area contributed by atoms with E-state index in [1.807, 2.05) is 31.2 Å². The van der Waals surface area contributed by atoms with E-state index in [0.29, 0.717) is 19.0 Å². The molecule has 0 saturated heterocycles. The van der Waals surface area contributed by atoms with Crippen LogP contribution in [0.25, 0.3) is 0 Å². The van der Waals surface area contributed by atoms with E-state index in [1.165, 1.54) is 6.07 Å². The number of methoxy groups -OCH3 is 1. The molecule has 0 aliphatic carbocycles. The summed E-state index contributed by atoms with van der Waals surface area (Å²) in [6, 6.07) is 6.20. The van der Waals surface area contributed by atoms with Crippen LogP contribution in [0, 0.1) is 5.82 Å². The second kappa shape index (κ2) is 12.3. The molecule has 2 aromatic rings. The van der Waals surface area contributed by atoms with Crippen molar-refractivity contribution in [1.82, 2.24) is 15.2 Å². The number of aliphatic imine (C=N–C) groups is 1. The maximum absolute atomic E-state index is 13.8. The third-order valence-corrected chi connectivity index (χ3v) is 5.10. The van der Waals surface area contributed by atoms with Crippen LogP contribution in [-0.2, 0) is 11.3 Å². The number of hydrogen-bond acceptors (Lipinski definition) is 5. The van der Waals surface area contributed by atoms with Gasteiger partial charge in [-0.3, -0.25) is 4.99 Å². The lowest BCUT2D eigenvalue weighted by molar-refractivity contribution is 0.119. The summed E-state index contributed by atoms with van der Waals surface area (Å²) in [5.74, 6) is 0.197. The quantitative estimate of drug-likeness (QED) is 0.314. The van der Waals surface area contributed by atoms with E-state index in [1.54, 1.807) is 36.6 Å². The molecule has 0 saturated carbocycles. The summed E-state index contributed by atoms with van der Waals surface area (Å²) < 4.78 is 19.1. The van der Waals surface area contributed by atoms with E-state index in [-0.39, 0.29) is 42.2 Å². The molecule has 0 fully saturated rings. The van der Waals surface area contributed by atoms with Gasteiger partial charge >= 0.3 is 0 Å². The summed E-state index contributed by atoms with van der Waals surface area (Å²) in [6.45, 7) is 5.24. The fourth-order valence-electron chi connectivity index (χ4n) is 2.49. The van der Waals surface area contributed by atoms with Gasteiger partial charge in [0.15, 0.2) is 5.96 Å². The van der Waals surface area contributed by atoms with E-state index >= 15 is 0 Å². The number of aliphatic hydroxyl groups excluding tert-OH is 1. The lowest BCUT2D eigenvalue weighted by Crippen LogP contribution is -2.38. The summed E-state index contributed by atoms with van der Waals surface area (Å²) >= 11 is 1.56. The van der Waals surface area contributed by atoms with Crippen molar-refractivity contribution in [3.8, 4) is 0 Å². The van der Waals surface area contributed by atoms with Crippen molar-refractivity contribution in [3.05, 3.63) is 51.7 Å². The molecule has 2 atom stereocenters. The number of ether oxygens (including phenoxy) is 1. The number of halogens is 2. The number of aromatic nitrogens is 1. The first-order valence-corrected chi connectivity index (χ1v) is 9.73. The highest BCUT2D eigenvalue weighted by Crippen LogP contribution is 2.21. The maximum Gasteiger partial charge on any atom is 0.194 e. The highest BCUT2D eigenvalue weighted by molar-refractivity contribution is 14.0. The second-order valence-corrected chi connectivity index (χ2v) is 7.03. The Labute approximate surface area is 186 Å². The number of thiazole rings is 1. The van der Waals surface area contributed by atoms with Crippen LogP contribution in [0.15, 0.2) is 34.6 Å². The highest BCUT2D eigenvalue weighted by atomic mass is 127. The first-order chi connectivity index (χ1) is 13.0. The molecule has 1 heterocycles. The fourth-order valence-corrected chi connectivity index (χ4v) is 3.33. The van der Waals surface area contributed by atoms with Gasteiger partial charge in [0.05, 0.1) is 18.8 Å². The molecule has 0 aliphatic heterocycles. The molecule has 0 bridgehead atoms. The number of benzene rings is 1. The molecule has 6 nitrogen and oxygen atoms in total.